The number of hydrogen-bond donors (Lipinski definition) is 5. The first-order valence-corrected chi connectivity index (χ1v) is 10.3. The summed E-state index contributed by atoms with van der Waals surface area (Å²) in [6.07, 6.45) is -0.603. The highest BCUT2D eigenvalue weighted by molar-refractivity contribution is 7.99. The van der Waals surface area contributed by atoms with Gasteiger partial charge in [-0.25, -0.2) is 9.78 Å². The molecule has 0 spiro atoms. The van der Waals surface area contributed by atoms with Gasteiger partial charge in [-0.3, -0.25) is 19.4 Å². The van der Waals surface area contributed by atoms with E-state index in [0.717, 1.165) is 10.5 Å². The standard InChI is InChI=1S/C21H20N4O6S/c1-10-2-7-13-16(19(29)25-21(22)24-13)17(10)32-12-5-3-11(4-6-12)18(28)23-14(20(30)31)8-9-15(26)27/h2-7,14H,8-9H2,1H3,(H,23,28)(H,26,27)(H,30,31)(H3,22,24,25,29)/t14-/m0/s1. The number of nitrogens with two attached hydrogens (primary N) is 1. The first-order valence-electron chi connectivity index (χ1n) is 9.48. The number of carboxylic acid groups (broad SMARTS) is 2. The first-order chi connectivity index (χ1) is 15.2. The Bertz CT molecular complexity index is 1260. The number of anilines is 1. The number of hydrogen-bond acceptors (Lipinski definition) is 7. The first kappa shape index (κ1) is 22.8. The van der Waals surface area contributed by atoms with E-state index >= 15 is 0 Å². The summed E-state index contributed by atoms with van der Waals surface area (Å²) in [4.78, 5) is 54.9. The second kappa shape index (κ2) is 9.52. The molecular formula is C21H20N4O6S. The lowest BCUT2D eigenvalue weighted by atomic mass is 10.1. The van der Waals surface area contributed by atoms with Gasteiger partial charge in [0.25, 0.3) is 11.5 Å². The second-order valence-corrected chi connectivity index (χ2v) is 8.06. The molecule has 0 saturated carbocycles. The number of carbonyl (C=O) groups is 3. The number of aryl methyl sites for hydroxylation is 1. The molecule has 0 aliphatic heterocycles. The Hall–Kier alpha value is -3.86. The van der Waals surface area contributed by atoms with Crippen LogP contribution in [0.3, 0.4) is 0 Å². The number of aromatic amines is 1. The van der Waals surface area contributed by atoms with Crippen LogP contribution in [-0.4, -0.2) is 44.1 Å². The molecule has 2 aromatic carbocycles. The maximum Gasteiger partial charge on any atom is 0.326 e. The Morgan fingerprint density at radius 1 is 1.16 bits per heavy atom. The minimum atomic E-state index is -1.31. The highest BCUT2D eigenvalue weighted by Gasteiger charge is 2.21. The van der Waals surface area contributed by atoms with E-state index in [2.05, 4.69) is 15.3 Å². The molecule has 0 bridgehead atoms. The Balaban J connectivity index is 1.80. The van der Waals surface area contributed by atoms with Gasteiger partial charge in [0.15, 0.2) is 0 Å². The third-order valence-corrected chi connectivity index (χ3v) is 5.87. The molecule has 0 fully saturated rings. The minimum Gasteiger partial charge on any atom is -0.481 e. The number of fused-ring (bicyclic) bond motifs is 1. The van der Waals surface area contributed by atoms with E-state index in [4.69, 9.17) is 10.8 Å². The van der Waals surface area contributed by atoms with E-state index < -0.39 is 23.9 Å². The third kappa shape index (κ3) is 5.24. The van der Waals surface area contributed by atoms with Gasteiger partial charge in [0.1, 0.15) is 6.04 Å². The van der Waals surface area contributed by atoms with Crippen LogP contribution in [0, 0.1) is 6.92 Å². The van der Waals surface area contributed by atoms with Gasteiger partial charge >= 0.3 is 11.9 Å². The predicted molar refractivity (Wildman–Crippen MR) is 118 cm³/mol. The fourth-order valence-corrected chi connectivity index (χ4v) is 4.05. The van der Waals surface area contributed by atoms with E-state index in [1.165, 1.54) is 23.9 Å². The molecule has 3 rings (SSSR count). The number of carboxylic acids is 2. The topological polar surface area (TPSA) is 175 Å². The van der Waals surface area contributed by atoms with Crippen LogP contribution in [0.2, 0.25) is 0 Å². The molecule has 32 heavy (non-hydrogen) atoms. The normalized spacial score (nSPS) is 11.8. The Morgan fingerprint density at radius 2 is 1.84 bits per heavy atom. The van der Waals surface area contributed by atoms with Gasteiger partial charge in [-0.1, -0.05) is 17.8 Å². The Labute approximate surface area is 185 Å². The van der Waals surface area contributed by atoms with Gasteiger partial charge in [0.2, 0.25) is 5.95 Å². The van der Waals surface area contributed by atoms with Crippen LogP contribution < -0.4 is 16.6 Å². The van der Waals surface area contributed by atoms with Crippen molar-refractivity contribution >= 4 is 46.5 Å². The summed E-state index contributed by atoms with van der Waals surface area (Å²) in [6.45, 7) is 1.86. The van der Waals surface area contributed by atoms with Gasteiger partial charge in [-0.15, -0.1) is 0 Å². The summed E-state index contributed by atoms with van der Waals surface area (Å²) >= 11 is 1.32. The molecule has 1 heterocycles. The molecule has 1 atom stereocenters. The van der Waals surface area contributed by atoms with Crippen LogP contribution in [0.5, 0.6) is 0 Å². The van der Waals surface area contributed by atoms with Crippen LogP contribution in [0.15, 0.2) is 51.0 Å². The zero-order chi connectivity index (χ0) is 23.4. The number of H-pyrrole nitrogens is 1. The largest absolute Gasteiger partial charge is 0.481 e. The number of nitrogens with one attached hydrogen (secondary N) is 2. The number of carbonyl (C=O) groups excluding carboxylic acids is 1. The summed E-state index contributed by atoms with van der Waals surface area (Å²) in [5.74, 6) is -3.05. The van der Waals surface area contributed by atoms with Crippen molar-refractivity contribution in [1.82, 2.24) is 15.3 Å². The number of nitrogens with zero attached hydrogens (tertiary/aromatic N) is 1. The average molecular weight is 456 g/mol. The summed E-state index contributed by atoms with van der Waals surface area (Å²) in [5, 5.41) is 20.7. The second-order valence-electron chi connectivity index (χ2n) is 6.98. The molecular weight excluding hydrogens is 436 g/mol. The molecule has 3 aromatic rings. The number of benzene rings is 2. The predicted octanol–water partition coefficient (Wildman–Crippen LogP) is 2.01. The molecule has 0 radical (unpaired) electrons. The number of aliphatic carboxylic acids is 2. The van der Waals surface area contributed by atoms with Crippen molar-refractivity contribution in [2.24, 2.45) is 0 Å². The zero-order valence-electron chi connectivity index (χ0n) is 16.9. The van der Waals surface area contributed by atoms with Crippen molar-refractivity contribution < 1.29 is 24.6 Å². The van der Waals surface area contributed by atoms with Crippen molar-refractivity contribution in [2.45, 2.75) is 35.6 Å². The third-order valence-electron chi connectivity index (χ3n) is 4.63. The van der Waals surface area contributed by atoms with Crippen molar-refractivity contribution in [3.05, 3.63) is 57.9 Å². The zero-order valence-corrected chi connectivity index (χ0v) is 17.7. The highest BCUT2D eigenvalue weighted by Crippen LogP contribution is 2.34. The van der Waals surface area contributed by atoms with Crippen molar-refractivity contribution in [2.75, 3.05) is 5.73 Å². The SMILES string of the molecule is Cc1ccc2nc(N)[nH]c(=O)c2c1Sc1ccc(C(=O)N[C@@H](CCC(=O)O)C(=O)O)cc1. The molecule has 166 valence electrons. The Kier molecular flexibility index (Phi) is 6.79. The fourth-order valence-electron chi connectivity index (χ4n) is 3.02. The monoisotopic (exact) mass is 456 g/mol. The molecule has 11 heteroatoms. The minimum absolute atomic E-state index is 0.0284. The van der Waals surface area contributed by atoms with Gasteiger partial charge in [-0.2, -0.15) is 0 Å². The fraction of sp³-hybridized carbons (Fsp3) is 0.190. The van der Waals surface area contributed by atoms with Crippen molar-refractivity contribution in [1.29, 1.82) is 0 Å². The van der Waals surface area contributed by atoms with Crippen LogP contribution in [-0.2, 0) is 9.59 Å². The maximum atomic E-state index is 12.4. The van der Waals surface area contributed by atoms with Crippen LogP contribution in [0.25, 0.3) is 10.9 Å². The molecule has 0 aliphatic carbocycles. The van der Waals surface area contributed by atoms with E-state index in [9.17, 15) is 24.3 Å². The Morgan fingerprint density at radius 3 is 2.47 bits per heavy atom. The molecule has 10 nitrogen and oxygen atoms in total. The number of rotatable bonds is 8. The summed E-state index contributed by atoms with van der Waals surface area (Å²) in [7, 11) is 0. The van der Waals surface area contributed by atoms with Gasteiger partial charge in [0, 0.05) is 21.8 Å². The molecule has 0 saturated heterocycles. The van der Waals surface area contributed by atoms with Gasteiger partial charge in [0.05, 0.1) is 10.9 Å². The molecule has 1 amide bonds. The number of amides is 1. The molecule has 0 aliphatic rings. The molecule has 0 unspecified atom stereocenters. The van der Waals surface area contributed by atoms with E-state index in [1.54, 1.807) is 18.2 Å². The maximum absolute atomic E-state index is 12.4. The lowest BCUT2D eigenvalue weighted by Crippen LogP contribution is -2.41. The summed E-state index contributed by atoms with van der Waals surface area (Å²) < 4.78 is 0. The number of aromatic nitrogens is 2. The summed E-state index contributed by atoms with van der Waals surface area (Å²) in [6, 6.07) is 8.63. The molecule has 6 N–H and O–H groups in total. The quantitative estimate of drug-likeness (QED) is 0.339. The average Bonchev–Trinajstić information content (AvgIpc) is 2.73. The lowest BCUT2D eigenvalue weighted by molar-refractivity contribution is -0.140. The molecule has 1 aromatic heterocycles. The van der Waals surface area contributed by atoms with E-state index in [-0.39, 0.29) is 29.9 Å². The van der Waals surface area contributed by atoms with Crippen LogP contribution >= 0.6 is 11.8 Å². The number of nitrogen functional groups attached to an aromatic ring is 1. The van der Waals surface area contributed by atoms with Crippen molar-refractivity contribution in [3.63, 3.8) is 0 Å². The smallest absolute Gasteiger partial charge is 0.326 e. The van der Waals surface area contributed by atoms with E-state index in [1.807, 2.05) is 13.0 Å². The van der Waals surface area contributed by atoms with Gasteiger partial charge < -0.3 is 21.3 Å². The van der Waals surface area contributed by atoms with Crippen molar-refractivity contribution in [3.8, 4) is 0 Å². The lowest BCUT2D eigenvalue weighted by Gasteiger charge is -2.14. The van der Waals surface area contributed by atoms with Crippen LogP contribution in [0.1, 0.15) is 28.8 Å². The van der Waals surface area contributed by atoms with Crippen LogP contribution in [0.4, 0.5) is 5.95 Å². The van der Waals surface area contributed by atoms with E-state index in [0.29, 0.717) is 15.8 Å². The van der Waals surface area contributed by atoms with Gasteiger partial charge in [-0.05, 0) is 49.2 Å². The highest BCUT2D eigenvalue weighted by atomic mass is 32.2. The summed E-state index contributed by atoms with van der Waals surface area (Å²) in [5.41, 5.74) is 6.82.